The molecule has 43 heavy (non-hydrogen) atoms. The molecule has 0 saturated carbocycles. The maximum atomic E-state index is 12.5. The SMILES string of the molecule is CC/C=C\CCCCCCCC(=O)O[C@H](COC(=O)CCCCCCC/C=C/CCC)COP(=O)(O)OCC[N+](C)(C)C. The molecule has 10 heteroatoms. The van der Waals surface area contributed by atoms with Crippen molar-refractivity contribution in [2.75, 3.05) is 47.5 Å². The molecular formula is C33H63NO8P+. The summed E-state index contributed by atoms with van der Waals surface area (Å²) in [4.78, 5) is 34.9. The Kier molecular flexibility index (Phi) is 25.9. The minimum absolute atomic E-state index is 0.0289. The van der Waals surface area contributed by atoms with Crippen LogP contribution in [-0.2, 0) is 32.7 Å². The summed E-state index contributed by atoms with van der Waals surface area (Å²) in [6, 6.07) is 0. The average Bonchev–Trinajstić information content (AvgIpc) is 2.93. The topological polar surface area (TPSA) is 108 Å². The van der Waals surface area contributed by atoms with Crippen LogP contribution < -0.4 is 0 Å². The van der Waals surface area contributed by atoms with Gasteiger partial charge in [0.15, 0.2) is 6.10 Å². The molecule has 252 valence electrons. The number of nitrogens with zero attached hydrogens (tertiary/aromatic N) is 1. The molecule has 0 aromatic rings. The highest BCUT2D eigenvalue weighted by molar-refractivity contribution is 7.47. The van der Waals surface area contributed by atoms with Crippen LogP contribution in [0, 0.1) is 0 Å². The van der Waals surface area contributed by atoms with Gasteiger partial charge in [-0.3, -0.25) is 18.6 Å². The van der Waals surface area contributed by atoms with Gasteiger partial charge in [0, 0.05) is 12.8 Å². The number of esters is 2. The molecule has 0 heterocycles. The molecule has 0 rings (SSSR count). The first-order valence-electron chi connectivity index (χ1n) is 16.6. The van der Waals surface area contributed by atoms with Crippen molar-refractivity contribution in [2.24, 2.45) is 0 Å². The first-order chi connectivity index (χ1) is 20.5. The van der Waals surface area contributed by atoms with E-state index in [0.29, 0.717) is 17.4 Å². The number of carbonyl (C=O) groups is 2. The van der Waals surface area contributed by atoms with E-state index >= 15 is 0 Å². The van der Waals surface area contributed by atoms with Crippen molar-refractivity contribution in [3.63, 3.8) is 0 Å². The molecule has 0 saturated heterocycles. The Hall–Kier alpha value is -1.51. The van der Waals surface area contributed by atoms with Gasteiger partial charge in [-0.2, -0.15) is 0 Å². The van der Waals surface area contributed by atoms with Gasteiger partial charge in [0.2, 0.25) is 0 Å². The minimum atomic E-state index is -4.36. The van der Waals surface area contributed by atoms with Gasteiger partial charge in [-0.15, -0.1) is 0 Å². The number of phosphoric acid groups is 1. The summed E-state index contributed by atoms with van der Waals surface area (Å²) < 4.78 is 33.9. The van der Waals surface area contributed by atoms with Crippen LogP contribution in [0.3, 0.4) is 0 Å². The molecular weight excluding hydrogens is 569 g/mol. The summed E-state index contributed by atoms with van der Waals surface area (Å²) in [7, 11) is 1.46. The highest BCUT2D eigenvalue weighted by atomic mass is 31.2. The number of hydrogen-bond acceptors (Lipinski definition) is 7. The van der Waals surface area contributed by atoms with Crippen molar-refractivity contribution in [1.29, 1.82) is 0 Å². The highest BCUT2D eigenvalue weighted by Gasteiger charge is 2.27. The lowest BCUT2D eigenvalue weighted by Gasteiger charge is -2.24. The van der Waals surface area contributed by atoms with E-state index in [-0.39, 0.29) is 32.0 Å². The molecule has 0 aliphatic heterocycles. The monoisotopic (exact) mass is 632 g/mol. The van der Waals surface area contributed by atoms with Crippen LogP contribution in [-0.4, -0.2) is 74.9 Å². The molecule has 0 fully saturated rings. The van der Waals surface area contributed by atoms with Crippen LogP contribution in [0.5, 0.6) is 0 Å². The third-order valence-electron chi connectivity index (χ3n) is 6.70. The van der Waals surface area contributed by atoms with E-state index in [1.54, 1.807) is 0 Å². The number of allylic oxidation sites excluding steroid dienone is 4. The Bertz CT molecular complexity index is 809. The second kappa shape index (κ2) is 26.9. The smallest absolute Gasteiger partial charge is 0.462 e. The Labute approximate surface area is 262 Å². The first kappa shape index (κ1) is 41.5. The van der Waals surface area contributed by atoms with E-state index in [0.717, 1.165) is 83.5 Å². The fourth-order valence-electron chi connectivity index (χ4n) is 4.07. The summed E-state index contributed by atoms with van der Waals surface area (Å²) in [5.74, 6) is -0.831. The standard InChI is InChI=1S/C33H62NO8P/c1-6-8-10-12-14-16-18-19-21-23-25-32(35)39-29-31(30-41-43(37,38)40-28-27-34(3,4)5)42-33(36)26-24-22-20-17-15-13-11-9-7-2/h9-12,31H,6-8,13-30H2,1-5H3/p+1/b11-9-,12-10+/t31-/m1/s1. The summed E-state index contributed by atoms with van der Waals surface area (Å²) >= 11 is 0. The summed E-state index contributed by atoms with van der Waals surface area (Å²) in [5, 5.41) is 0. The van der Waals surface area contributed by atoms with E-state index in [1.165, 1.54) is 6.42 Å². The summed E-state index contributed by atoms with van der Waals surface area (Å²) in [6.45, 7) is 4.19. The average molecular weight is 633 g/mol. The van der Waals surface area contributed by atoms with Crippen molar-refractivity contribution in [3.05, 3.63) is 24.3 Å². The molecule has 0 aliphatic rings. The van der Waals surface area contributed by atoms with Gasteiger partial charge in [-0.1, -0.05) is 83.1 Å². The number of ether oxygens (including phenoxy) is 2. The molecule has 0 bridgehead atoms. The van der Waals surface area contributed by atoms with Gasteiger partial charge < -0.3 is 18.9 Å². The molecule has 0 aromatic carbocycles. The van der Waals surface area contributed by atoms with Crippen molar-refractivity contribution in [1.82, 2.24) is 0 Å². The van der Waals surface area contributed by atoms with E-state index in [9.17, 15) is 19.0 Å². The van der Waals surface area contributed by atoms with Crippen LogP contribution in [0.25, 0.3) is 0 Å². The largest absolute Gasteiger partial charge is 0.472 e. The predicted molar refractivity (Wildman–Crippen MR) is 174 cm³/mol. The van der Waals surface area contributed by atoms with Gasteiger partial charge in [-0.05, 0) is 51.4 Å². The van der Waals surface area contributed by atoms with E-state index in [4.69, 9.17) is 18.5 Å². The van der Waals surface area contributed by atoms with E-state index in [2.05, 4.69) is 38.2 Å². The Morgan fingerprint density at radius 1 is 0.721 bits per heavy atom. The lowest BCUT2D eigenvalue weighted by molar-refractivity contribution is -0.870. The van der Waals surface area contributed by atoms with Crippen molar-refractivity contribution >= 4 is 19.8 Å². The summed E-state index contributed by atoms with van der Waals surface area (Å²) in [6.07, 6.45) is 23.9. The first-order valence-corrected chi connectivity index (χ1v) is 18.1. The number of hydrogen-bond donors (Lipinski definition) is 1. The second-order valence-corrected chi connectivity index (χ2v) is 13.6. The Morgan fingerprint density at radius 3 is 1.84 bits per heavy atom. The quantitative estimate of drug-likeness (QED) is 0.0290. The number of likely N-dealkylation sites (N-methyl/N-ethyl adjacent to an activating group) is 1. The zero-order valence-electron chi connectivity index (χ0n) is 27.9. The van der Waals surface area contributed by atoms with Crippen LogP contribution >= 0.6 is 7.82 Å². The molecule has 1 N–H and O–H groups in total. The maximum absolute atomic E-state index is 12.5. The van der Waals surface area contributed by atoms with Crippen molar-refractivity contribution < 1.29 is 42.1 Å². The maximum Gasteiger partial charge on any atom is 0.472 e. The lowest BCUT2D eigenvalue weighted by Crippen LogP contribution is -2.37. The normalized spacial score (nSPS) is 14.3. The van der Waals surface area contributed by atoms with Crippen LogP contribution in [0.1, 0.15) is 123 Å². The lowest BCUT2D eigenvalue weighted by atomic mass is 10.1. The molecule has 1 unspecified atom stereocenters. The zero-order valence-corrected chi connectivity index (χ0v) is 28.8. The predicted octanol–water partition coefficient (Wildman–Crippen LogP) is 8.07. The van der Waals surface area contributed by atoms with Crippen LogP contribution in [0.2, 0.25) is 0 Å². The van der Waals surface area contributed by atoms with Gasteiger partial charge in [0.1, 0.15) is 19.8 Å². The highest BCUT2D eigenvalue weighted by Crippen LogP contribution is 2.43. The van der Waals surface area contributed by atoms with Crippen molar-refractivity contribution in [3.8, 4) is 0 Å². The number of carbonyl (C=O) groups excluding carboxylic acids is 2. The fourth-order valence-corrected chi connectivity index (χ4v) is 4.82. The van der Waals surface area contributed by atoms with Crippen molar-refractivity contribution in [2.45, 2.75) is 129 Å². The van der Waals surface area contributed by atoms with Crippen LogP contribution in [0.4, 0.5) is 0 Å². The van der Waals surface area contributed by atoms with Gasteiger partial charge in [-0.25, -0.2) is 4.57 Å². The summed E-state index contributed by atoms with van der Waals surface area (Å²) in [5.41, 5.74) is 0. The Morgan fingerprint density at radius 2 is 1.26 bits per heavy atom. The van der Waals surface area contributed by atoms with Gasteiger partial charge in [0.05, 0.1) is 27.7 Å². The third kappa shape index (κ3) is 30.3. The fraction of sp³-hybridized carbons (Fsp3) is 0.818. The van der Waals surface area contributed by atoms with E-state index < -0.39 is 26.5 Å². The second-order valence-electron chi connectivity index (χ2n) is 12.2. The van der Waals surface area contributed by atoms with E-state index in [1.807, 2.05) is 21.1 Å². The van der Waals surface area contributed by atoms with Gasteiger partial charge in [0.25, 0.3) is 0 Å². The Balaban J connectivity index is 4.54. The molecule has 0 aromatic heterocycles. The molecule has 0 amide bonds. The third-order valence-corrected chi connectivity index (χ3v) is 7.68. The molecule has 0 aliphatic carbocycles. The molecule has 2 atom stereocenters. The molecule has 9 nitrogen and oxygen atoms in total. The van der Waals surface area contributed by atoms with Gasteiger partial charge >= 0.3 is 19.8 Å². The number of unbranched alkanes of at least 4 members (excludes halogenated alkanes) is 11. The number of rotatable bonds is 29. The molecule has 0 radical (unpaired) electrons. The number of phosphoric ester groups is 1. The van der Waals surface area contributed by atoms with Crippen LogP contribution in [0.15, 0.2) is 24.3 Å². The zero-order chi connectivity index (χ0) is 32.2. The number of quaternary nitrogens is 1. The minimum Gasteiger partial charge on any atom is -0.462 e. The molecule has 0 spiro atoms.